The zero-order chi connectivity index (χ0) is 58.5. The van der Waals surface area contributed by atoms with Crippen LogP contribution in [0.15, 0.2) is 0 Å². The van der Waals surface area contributed by atoms with Gasteiger partial charge in [-0.1, -0.05) is 0 Å². The van der Waals surface area contributed by atoms with E-state index in [1.54, 1.807) is 0 Å². The number of aliphatic hydroxyl groups is 13. The van der Waals surface area contributed by atoms with Crippen molar-refractivity contribution in [3.05, 3.63) is 0 Å². The first kappa shape index (κ1) is 67.6. The molecule has 0 aromatic rings. The Morgan fingerprint density at radius 2 is 0.835 bits per heavy atom. The Balaban J connectivity index is 1.20. The number of nitrogens with one attached hydrogen (secondary N) is 5. The van der Waals surface area contributed by atoms with Crippen molar-refractivity contribution in [3.63, 3.8) is 0 Å². The molecule has 79 heavy (non-hydrogen) atoms. The summed E-state index contributed by atoms with van der Waals surface area (Å²) >= 11 is 0. The summed E-state index contributed by atoms with van der Waals surface area (Å²) in [5.41, 5.74) is 0. The monoisotopic (exact) mass is 1150 g/mol. The fourth-order valence-corrected chi connectivity index (χ4v) is 8.40. The molecule has 0 aromatic carbocycles. The fraction of sp³-hybridized carbons (Fsp3) is 0.870. The average Bonchev–Trinajstić information content (AvgIpc) is 3.42. The Hall–Kier alpha value is -3.86. The minimum absolute atomic E-state index is 0.000406. The van der Waals surface area contributed by atoms with Gasteiger partial charge in [0.2, 0.25) is 29.5 Å². The minimum Gasteiger partial charge on any atom is -0.394 e. The lowest BCUT2D eigenvalue weighted by Gasteiger charge is -2.46. The van der Waals surface area contributed by atoms with Crippen LogP contribution in [0.3, 0.4) is 0 Å². The van der Waals surface area contributed by atoms with E-state index in [1.807, 2.05) is 0 Å². The number of aliphatic hydroxyl groups excluding tert-OH is 13. The highest BCUT2D eigenvalue weighted by molar-refractivity contribution is 5.84. The molecule has 0 spiro atoms. The normalized spacial score (nSPS) is 34.8. The molecular formula is C46H80N6O27. The third-order valence-electron chi connectivity index (χ3n) is 13.0. The molecule has 456 valence electrons. The SMILES string of the molecule is CC(=O)CCNC(=O)CN(CC(=O)NCCCC(=O)NCCO[C@@H]1O[C@@H](C)[C@@H](O)[C@@H](O)[C@@H]1O)CC(=O)NCCCC(=O)NCCO[C@H]1O[C@H](CO[C@H]2O[C@H](CO)[C@@H](O)[C@H](O)[C@@H]2O)[C@@H](O)[C@H](O[C@H]2O[C@H](CO)[C@@H](O)[C@H](O)[C@@H]2O)[C@@H]1O. The van der Waals surface area contributed by atoms with E-state index in [2.05, 4.69) is 26.6 Å². The van der Waals surface area contributed by atoms with E-state index >= 15 is 0 Å². The molecule has 4 aliphatic rings. The minimum atomic E-state index is -1.96. The number of ether oxygens (including phenoxy) is 8. The van der Waals surface area contributed by atoms with Gasteiger partial charge in [0.15, 0.2) is 25.2 Å². The first-order valence-corrected chi connectivity index (χ1v) is 25.9. The molecule has 5 amide bonds. The van der Waals surface area contributed by atoms with Gasteiger partial charge in [-0.25, -0.2) is 0 Å². The van der Waals surface area contributed by atoms with Crippen LogP contribution in [-0.2, 0) is 66.7 Å². The molecule has 4 aliphatic heterocycles. The van der Waals surface area contributed by atoms with E-state index < -0.39 is 186 Å². The predicted octanol–water partition coefficient (Wildman–Crippen LogP) is -11.3. The molecule has 0 saturated carbocycles. The topological polar surface area (TPSA) is 503 Å². The maximum atomic E-state index is 12.9. The summed E-state index contributed by atoms with van der Waals surface area (Å²) in [7, 11) is 0. The van der Waals surface area contributed by atoms with E-state index in [0.717, 1.165) is 0 Å². The third kappa shape index (κ3) is 21.1. The second-order valence-corrected chi connectivity index (χ2v) is 19.3. The molecule has 33 nitrogen and oxygen atoms in total. The van der Waals surface area contributed by atoms with Gasteiger partial charge in [0.1, 0.15) is 97.3 Å². The van der Waals surface area contributed by atoms with Gasteiger partial charge in [0.25, 0.3) is 0 Å². The Morgan fingerprint density at radius 3 is 1.32 bits per heavy atom. The first-order chi connectivity index (χ1) is 37.5. The van der Waals surface area contributed by atoms with Crippen molar-refractivity contribution < 1.29 is 133 Å². The summed E-state index contributed by atoms with van der Waals surface area (Å²) in [4.78, 5) is 76.1. The lowest BCUT2D eigenvalue weighted by atomic mass is 9.96. The summed E-state index contributed by atoms with van der Waals surface area (Å²) in [6.07, 6.45) is -32.1. The van der Waals surface area contributed by atoms with E-state index in [9.17, 15) is 95.2 Å². The van der Waals surface area contributed by atoms with Crippen LogP contribution in [0.2, 0.25) is 0 Å². The van der Waals surface area contributed by atoms with E-state index in [0.29, 0.717) is 0 Å². The van der Waals surface area contributed by atoms with Gasteiger partial charge in [-0.2, -0.15) is 0 Å². The van der Waals surface area contributed by atoms with Crippen molar-refractivity contribution in [3.8, 4) is 0 Å². The largest absolute Gasteiger partial charge is 0.394 e. The molecular weight excluding hydrogens is 1070 g/mol. The van der Waals surface area contributed by atoms with Crippen LogP contribution in [0, 0.1) is 0 Å². The highest BCUT2D eigenvalue weighted by Gasteiger charge is 2.52. The van der Waals surface area contributed by atoms with Crippen LogP contribution in [0.5, 0.6) is 0 Å². The quantitative estimate of drug-likeness (QED) is 0.0278. The summed E-state index contributed by atoms with van der Waals surface area (Å²) in [6.45, 7) is -1.22. The Morgan fingerprint density at radius 1 is 0.430 bits per heavy atom. The van der Waals surface area contributed by atoms with Gasteiger partial charge in [0, 0.05) is 52.0 Å². The third-order valence-corrected chi connectivity index (χ3v) is 13.0. The zero-order valence-electron chi connectivity index (χ0n) is 43.8. The molecule has 4 fully saturated rings. The highest BCUT2D eigenvalue weighted by Crippen LogP contribution is 2.31. The molecule has 33 heteroatoms. The summed E-state index contributed by atoms with van der Waals surface area (Å²) in [6, 6.07) is 0. The standard InChI is InChI=1S/C46H80N6O27/c1-21(55)7-10-49-30(60)17-52(15-28(58)47-8-3-5-26(56)50-11-13-72-43-38(68)35(65)31(61)22(2)75-43)16-29(59)48-9-4-6-27(57)51-12-14-73-45-41(71)42(79-46-40(70)37(67)33(63)24(19-54)77-46)34(64)25(78-45)20-74-44-39(69)36(66)32(62)23(18-53)76-44/h22-25,31-46,53-54,61-71H,3-20H2,1-2H3,(H,47,58)(H,48,59)(H,49,60)(H,50,56)(H,51,57)/t22-,23+,24+,25+,31+,32+,33+,34+,35+,36-,37-,38-,39-,40-,41-,42-,43+,44-,45-,46+/m0/s1. The van der Waals surface area contributed by atoms with Gasteiger partial charge in [-0.15, -0.1) is 0 Å². The molecule has 0 aromatic heterocycles. The molecule has 0 aliphatic carbocycles. The van der Waals surface area contributed by atoms with Crippen LogP contribution in [0.25, 0.3) is 0 Å². The maximum absolute atomic E-state index is 12.9. The summed E-state index contributed by atoms with van der Waals surface area (Å²) < 4.78 is 44.0. The number of Topliss-reactive ketones (excluding diaryl/α,β-unsaturated/α-hetero) is 1. The van der Waals surface area contributed by atoms with E-state index in [1.165, 1.54) is 18.7 Å². The molecule has 4 saturated heterocycles. The number of nitrogens with zero attached hydrogens (tertiary/aromatic N) is 1. The lowest BCUT2D eigenvalue weighted by Crippen LogP contribution is -2.65. The smallest absolute Gasteiger partial charge is 0.234 e. The fourth-order valence-electron chi connectivity index (χ4n) is 8.40. The van der Waals surface area contributed by atoms with E-state index in [-0.39, 0.29) is 89.7 Å². The van der Waals surface area contributed by atoms with Crippen molar-refractivity contribution in [2.24, 2.45) is 0 Å². The Bertz CT molecular complexity index is 1900. The van der Waals surface area contributed by atoms with Gasteiger partial charge in [-0.3, -0.25) is 33.7 Å². The number of hydrogen-bond acceptors (Lipinski definition) is 28. The van der Waals surface area contributed by atoms with Crippen molar-refractivity contribution in [2.45, 2.75) is 169 Å². The second-order valence-electron chi connectivity index (χ2n) is 19.3. The van der Waals surface area contributed by atoms with Crippen molar-refractivity contribution in [1.29, 1.82) is 0 Å². The van der Waals surface area contributed by atoms with Crippen molar-refractivity contribution in [1.82, 2.24) is 31.5 Å². The van der Waals surface area contributed by atoms with Gasteiger partial charge < -0.3 is 131 Å². The molecule has 4 heterocycles. The predicted molar refractivity (Wildman–Crippen MR) is 259 cm³/mol. The molecule has 0 unspecified atom stereocenters. The number of ketones is 1. The van der Waals surface area contributed by atoms with Crippen molar-refractivity contribution in [2.75, 3.05) is 85.4 Å². The molecule has 0 bridgehead atoms. The Labute approximate surface area is 453 Å². The Kier molecular flexibility index (Phi) is 29.0. The highest BCUT2D eigenvalue weighted by atomic mass is 16.8. The van der Waals surface area contributed by atoms with Crippen LogP contribution in [0.4, 0.5) is 0 Å². The van der Waals surface area contributed by atoms with Crippen LogP contribution < -0.4 is 26.6 Å². The van der Waals surface area contributed by atoms with Gasteiger partial charge in [0.05, 0.1) is 58.8 Å². The number of rotatable bonds is 32. The number of hydrogen-bond donors (Lipinski definition) is 18. The van der Waals surface area contributed by atoms with Crippen LogP contribution >= 0.6 is 0 Å². The molecule has 20 atom stereocenters. The number of carbonyl (C=O) groups excluding carboxylic acids is 6. The average molecular weight is 1150 g/mol. The van der Waals surface area contributed by atoms with Gasteiger partial charge in [-0.05, 0) is 26.7 Å². The number of amides is 5. The van der Waals surface area contributed by atoms with Gasteiger partial charge >= 0.3 is 0 Å². The summed E-state index contributed by atoms with van der Waals surface area (Å²) in [5, 5.41) is 146. The number of carbonyl (C=O) groups is 6. The molecule has 0 radical (unpaired) electrons. The lowest BCUT2D eigenvalue weighted by molar-refractivity contribution is -0.366. The molecule has 4 rings (SSSR count). The maximum Gasteiger partial charge on any atom is 0.234 e. The van der Waals surface area contributed by atoms with Crippen LogP contribution in [0.1, 0.15) is 46.0 Å². The van der Waals surface area contributed by atoms with E-state index in [4.69, 9.17) is 37.9 Å². The first-order valence-electron chi connectivity index (χ1n) is 25.9. The van der Waals surface area contributed by atoms with Crippen LogP contribution in [-0.4, -0.2) is 315 Å². The second kappa shape index (κ2) is 33.9. The zero-order valence-corrected chi connectivity index (χ0v) is 43.8. The summed E-state index contributed by atoms with van der Waals surface area (Å²) in [5.74, 6) is -2.81. The van der Waals surface area contributed by atoms with Crippen molar-refractivity contribution >= 4 is 35.3 Å². The molecule has 18 N–H and O–H groups in total.